The zero-order valence-corrected chi connectivity index (χ0v) is 6.82. The van der Waals surface area contributed by atoms with Crippen molar-refractivity contribution in [1.82, 2.24) is 4.98 Å². The third kappa shape index (κ3) is 2.72. The minimum Gasteiger partial charge on any atom is -0.478 e. The monoisotopic (exact) mass is 183 g/mol. The van der Waals surface area contributed by atoms with Gasteiger partial charge in [-0.05, 0) is 18.2 Å². The van der Waals surface area contributed by atoms with Gasteiger partial charge in [-0.1, -0.05) is 11.6 Å². The Balaban J connectivity index is 2.83. The molecule has 0 atom stereocenters. The van der Waals surface area contributed by atoms with Crippen LogP contribution in [0.2, 0.25) is 5.02 Å². The van der Waals surface area contributed by atoms with Crippen LogP contribution in [0.15, 0.2) is 24.4 Å². The molecular weight excluding hydrogens is 178 g/mol. The van der Waals surface area contributed by atoms with Gasteiger partial charge in [0.2, 0.25) is 0 Å². The number of carboxylic acids is 1. The average Bonchev–Trinajstić information content (AvgIpc) is 2.01. The van der Waals surface area contributed by atoms with Gasteiger partial charge in [-0.3, -0.25) is 4.98 Å². The van der Waals surface area contributed by atoms with Crippen molar-refractivity contribution in [3.8, 4) is 0 Å². The summed E-state index contributed by atoms with van der Waals surface area (Å²) in [5.74, 6) is -1.00. The molecule has 1 aromatic rings. The first-order valence-electron chi connectivity index (χ1n) is 3.21. The average molecular weight is 184 g/mol. The molecule has 0 fully saturated rings. The molecule has 0 unspecified atom stereocenters. The molecule has 0 aliphatic heterocycles. The van der Waals surface area contributed by atoms with Gasteiger partial charge in [-0.15, -0.1) is 0 Å². The Bertz CT molecular complexity index is 323. The molecule has 0 aromatic carbocycles. The van der Waals surface area contributed by atoms with E-state index in [2.05, 4.69) is 4.98 Å². The molecule has 0 radical (unpaired) electrons. The lowest BCUT2D eigenvalue weighted by Gasteiger charge is -1.91. The molecule has 0 aliphatic carbocycles. The third-order valence-corrected chi connectivity index (χ3v) is 1.37. The lowest BCUT2D eigenvalue weighted by atomic mass is 10.3. The largest absolute Gasteiger partial charge is 0.478 e. The van der Waals surface area contributed by atoms with E-state index in [1.54, 1.807) is 12.1 Å². The highest BCUT2D eigenvalue weighted by molar-refractivity contribution is 6.30. The van der Waals surface area contributed by atoms with Crippen molar-refractivity contribution in [2.75, 3.05) is 0 Å². The van der Waals surface area contributed by atoms with Crippen LogP contribution in [-0.2, 0) is 4.79 Å². The molecule has 0 bridgehead atoms. The molecular formula is C8H6ClNO2. The van der Waals surface area contributed by atoms with Gasteiger partial charge >= 0.3 is 5.97 Å². The van der Waals surface area contributed by atoms with Crippen molar-refractivity contribution in [1.29, 1.82) is 0 Å². The maximum Gasteiger partial charge on any atom is 0.328 e. The topological polar surface area (TPSA) is 50.2 Å². The number of rotatable bonds is 2. The summed E-state index contributed by atoms with van der Waals surface area (Å²) >= 11 is 5.64. The van der Waals surface area contributed by atoms with Crippen molar-refractivity contribution >= 4 is 23.6 Å². The van der Waals surface area contributed by atoms with E-state index in [1.807, 2.05) is 0 Å². The van der Waals surface area contributed by atoms with Crippen LogP contribution < -0.4 is 0 Å². The molecule has 0 saturated carbocycles. The van der Waals surface area contributed by atoms with Gasteiger partial charge in [0.05, 0.1) is 5.69 Å². The summed E-state index contributed by atoms with van der Waals surface area (Å²) in [7, 11) is 0. The van der Waals surface area contributed by atoms with E-state index in [-0.39, 0.29) is 0 Å². The molecule has 0 spiro atoms. The quantitative estimate of drug-likeness (QED) is 0.712. The molecule has 3 nitrogen and oxygen atoms in total. The molecule has 1 aromatic heterocycles. The van der Waals surface area contributed by atoms with Crippen LogP contribution in [0.25, 0.3) is 6.08 Å². The predicted molar refractivity (Wildman–Crippen MR) is 45.9 cm³/mol. The Labute approximate surface area is 74.3 Å². The number of halogens is 1. The standard InChI is InChI=1S/C8H6ClNO2/c9-6-3-4-10-7(5-6)1-2-8(11)12/h1-5H,(H,11,12). The fourth-order valence-electron chi connectivity index (χ4n) is 0.669. The summed E-state index contributed by atoms with van der Waals surface area (Å²) in [6, 6.07) is 3.21. The fourth-order valence-corrected chi connectivity index (χ4v) is 0.837. The Morgan fingerprint density at radius 3 is 3.00 bits per heavy atom. The number of nitrogens with zero attached hydrogens (tertiary/aromatic N) is 1. The minimum atomic E-state index is -1.00. The highest BCUT2D eigenvalue weighted by Gasteiger charge is 1.91. The Morgan fingerprint density at radius 2 is 2.42 bits per heavy atom. The van der Waals surface area contributed by atoms with E-state index in [0.717, 1.165) is 6.08 Å². The Morgan fingerprint density at radius 1 is 1.67 bits per heavy atom. The number of aromatic nitrogens is 1. The number of aliphatic carboxylic acids is 1. The van der Waals surface area contributed by atoms with Crippen LogP contribution >= 0.6 is 11.6 Å². The van der Waals surface area contributed by atoms with Crippen molar-refractivity contribution in [3.05, 3.63) is 35.1 Å². The van der Waals surface area contributed by atoms with E-state index in [0.29, 0.717) is 10.7 Å². The van der Waals surface area contributed by atoms with E-state index < -0.39 is 5.97 Å². The maximum absolute atomic E-state index is 10.1. The molecule has 1 heterocycles. The summed E-state index contributed by atoms with van der Waals surface area (Å²) in [5, 5.41) is 8.83. The highest BCUT2D eigenvalue weighted by atomic mass is 35.5. The first-order chi connectivity index (χ1) is 5.68. The first-order valence-corrected chi connectivity index (χ1v) is 3.59. The summed E-state index contributed by atoms with van der Waals surface area (Å²) in [6.45, 7) is 0. The number of pyridine rings is 1. The molecule has 0 aliphatic rings. The lowest BCUT2D eigenvalue weighted by Crippen LogP contribution is -1.86. The molecule has 12 heavy (non-hydrogen) atoms. The number of hydrogen-bond acceptors (Lipinski definition) is 2. The summed E-state index contributed by atoms with van der Waals surface area (Å²) in [6.07, 6.45) is 3.91. The van der Waals surface area contributed by atoms with E-state index in [4.69, 9.17) is 16.7 Å². The zero-order valence-electron chi connectivity index (χ0n) is 6.07. The number of carboxylic acid groups (broad SMARTS) is 1. The lowest BCUT2D eigenvalue weighted by molar-refractivity contribution is -0.131. The second-order valence-corrected chi connectivity index (χ2v) is 2.51. The van der Waals surface area contributed by atoms with E-state index >= 15 is 0 Å². The first kappa shape index (κ1) is 8.74. The van der Waals surface area contributed by atoms with Crippen LogP contribution in [0.5, 0.6) is 0 Å². The van der Waals surface area contributed by atoms with Gasteiger partial charge in [-0.2, -0.15) is 0 Å². The van der Waals surface area contributed by atoms with Gasteiger partial charge < -0.3 is 5.11 Å². The van der Waals surface area contributed by atoms with Crippen LogP contribution in [0, 0.1) is 0 Å². The highest BCUT2D eigenvalue weighted by Crippen LogP contribution is 2.08. The Hall–Kier alpha value is -1.35. The van der Waals surface area contributed by atoms with Crippen LogP contribution in [0.1, 0.15) is 5.69 Å². The smallest absolute Gasteiger partial charge is 0.328 e. The van der Waals surface area contributed by atoms with Gasteiger partial charge in [0.15, 0.2) is 0 Å². The van der Waals surface area contributed by atoms with E-state index in [1.165, 1.54) is 12.3 Å². The minimum absolute atomic E-state index is 0.532. The predicted octanol–water partition coefficient (Wildman–Crippen LogP) is 1.83. The van der Waals surface area contributed by atoms with E-state index in [9.17, 15) is 4.79 Å². The van der Waals surface area contributed by atoms with Crippen LogP contribution in [0.3, 0.4) is 0 Å². The molecule has 0 amide bonds. The second kappa shape index (κ2) is 3.88. The van der Waals surface area contributed by atoms with Gasteiger partial charge in [0.1, 0.15) is 0 Å². The summed E-state index contributed by atoms with van der Waals surface area (Å²) in [4.78, 5) is 14.0. The maximum atomic E-state index is 10.1. The van der Waals surface area contributed by atoms with Crippen molar-refractivity contribution < 1.29 is 9.90 Å². The van der Waals surface area contributed by atoms with Crippen molar-refractivity contribution in [2.45, 2.75) is 0 Å². The summed E-state index contributed by atoms with van der Waals surface area (Å²) in [5.41, 5.74) is 0.532. The number of carbonyl (C=O) groups is 1. The SMILES string of the molecule is O=C(O)C=Cc1cc(Cl)ccn1. The van der Waals surface area contributed by atoms with Crippen molar-refractivity contribution in [3.63, 3.8) is 0 Å². The molecule has 1 N–H and O–H groups in total. The van der Waals surface area contributed by atoms with Gasteiger partial charge in [0.25, 0.3) is 0 Å². The molecule has 62 valence electrons. The second-order valence-electron chi connectivity index (χ2n) is 2.07. The molecule has 1 rings (SSSR count). The Kier molecular flexibility index (Phi) is 2.82. The molecule has 0 saturated heterocycles. The van der Waals surface area contributed by atoms with Crippen molar-refractivity contribution in [2.24, 2.45) is 0 Å². The fraction of sp³-hybridized carbons (Fsp3) is 0. The third-order valence-electron chi connectivity index (χ3n) is 1.14. The summed E-state index contributed by atoms with van der Waals surface area (Å²) < 4.78 is 0. The van der Waals surface area contributed by atoms with Gasteiger partial charge in [0, 0.05) is 17.3 Å². The zero-order chi connectivity index (χ0) is 8.97. The van der Waals surface area contributed by atoms with Crippen LogP contribution in [-0.4, -0.2) is 16.1 Å². The van der Waals surface area contributed by atoms with Gasteiger partial charge in [-0.25, -0.2) is 4.79 Å². The normalized spacial score (nSPS) is 10.4. The number of hydrogen-bond donors (Lipinski definition) is 1. The van der Waals surface area contributed by atoms with Crippen LogP contribution in [0.4, 0.5) is 0 Å². The molecule has 4 heteroatoms.